The molecule has 24 heavy (non-hydrogen) atoms. The summed E-state index contributed by atoms with van der Waals surface area (Å²) in [6, 6.07) is 5.83. The van der Waals surface area contributed by atoms with E-state index in [0.717, 1.165) is 29.9 Å². The van der Waals surface area contributed by atoms with Gasteiger partial charge in [-0.2, -0.15) is 5.10 Å². The smallest absolute Gasteiger partial charge is 0.315 e. The van der Waals surface area contributed by atoms with Gasteiger partial charge in [0, 0.05) is 23.5 Å². The Morgan fingerprint density at radius 2 is 2.08 bits per heavy atom. The van der Waals surface area contributed by atoms with Gasteiger partial charge >= 0.3 is 6.03 Å². The van der Waals surface area contributed by atoms with Gasteiger partial charge in [-0.05, 0) is 38.8 Å². The molecule has 0 aliphatic heterocycles. The number of nitrogens with one attached hydrogen (secondary N) is 2. The summed E-state index contributed by atoms with van der Waals surface area (Å²) in [5, 5.41) is 10.5. The maximum Gasteiger partial charge on any atom is 0.315 e. The van der Waals surface area contributed by atoms with Gasteiger partial charge in [-0.25, -0.2) is 14.5 Å². The molecule has 6 heteroatoms. The number of aromatic nitrogens is 3. The third kappa shape index (κ3) is 3.75. The predicted molar refractivity (Wildman–Crippen MR) is 93.1 cm³/mol. The molecule has 0 saturated heterocycles. The Morgan fingerprint density at radius 3 is 2.79 bits per heavy atom. The number of carbonyl (C=O) groups excluding carboxylic acids is 1. The normalized spacial score (nSPS) is 16.6. The third-order valence-corrected chi connectivity index (χ3v) is 4.67. The second-order valence-corrected chi connectivity index (χ2v) is 6.46. The number of pyridine rings is 1. The van der Waals surface area contributed by atoms with E-state index in [2.05, 4.69) is 20.7 Å². The molecule has 3 rings (SSSR count). The summed E-state index contributed by atoms with van der Waals surface area (Å²) in [5.74, 6) is 0.778. The second kappa shape index (κ2) is 7.47. The van der Waals surface area contributed by atoms with E-state index in [-0.39, 0.29) is 12.1 Å². The molecule has 1 aliphatic rings. The molecule has 1 fully saturated rings. The Labute approximate surface area is 142 Å². The van der Waals surface area contributed by atoms with Crippen LogP contribution in [0.2, 0.25) is 0 Å². The topological polar surface area (TPSA) is 71.8 Å². The van der Waals surface area contributed by atoms with Crippen molar-refractivity contribution in [3.05, 3.63) is 41.9 Å². The molecule has 2 aromatic rings. The fourth-order valence-corrected chi connectivity index (χ4v) is 3.31. The highest BCUT2D eigenvalue weighted by molar-refractivity contribution is 5.74. The van der Waals surface area contributed by atoms with Crippen molar-refractivity contribution in [2.24, 2.45) is 0 Å². The Hall–Kier alpha value is -2.37. The fourth-order valence-electron chi connectivity index (χ4n) is 3.31. The van der Waals surface area contributed by atoms with Crippen LogP contribution >= 0.6 is 0 Å². The van der Waals surface area contributed by atoms with Gasteiger partial charge in [-0.3, -0.25) is 0 Å². The van der Waals surface area contributed by atoms with E-state index in [1.54, 1.807) is 17.1 Å². The zero-order valence-corrected chi connectivity index (χ0v) is 14.3. The van der Waals surface area contributed by atoms with Gasteiger partial charge in [-0.15, -0.1) is 0 Å². The van der Waals surface area contributed by atoms with E-state index < -0.39 is 0 Å². The highest BCUT2D eigenvalue weighted by Crippen LogP contribution is 2.20. The lowest BCUT2D eigenvalue weighted by Gasteiger charge is -2.24. The second-order valence-electron chi connectivity index (χ2n) is 6.46. The first-order valence-electron chi connectivity index (χ1n) is 8.68. The first-order chi connectivity index (χ1) is 11.6. The van der Waals surface area contributed by atoms with Crippen LogP contribution in [0.3, 0.4) is 0 Å². The molecule has 1 saturated carbocycles. The molecule has 1 atom stereocenters. The summed E-state index contributed by atoms with van der Waals surface area (Å²) in [4.78, 5) is 16.5. The summed E-state index contributed by atoms with van der Waals surface area (Å²) in [6.45, 7) is 3.97. The highest BCUT2D eigenvalue weighted by Gasteiger charge is 2.19. The number of hydrogen-bond acceptors (Lipinski definition) is 3. The van der Waals surface area contributed by atoms with Gasteiger partial charge in [0.1, 0.15) is 0 Å². The maximum atomic E-state index is 12.2. The van der Waals surface area contributed by atoms with Crippen LogP contribution < -0.4 is 10.6 Å². The van der Waals surface area contributed by atoms with E-state index in [9.17, 15) is 4.79 Å². The summed E-state index contributed by atoms with van der Waals surface area (Å²) >= 11 is 0. The molecule has 0 spiro atoms. The van der Waals surface area contributed by atoms with Gasteiger partial charge in [0.15, 0.2) is 5.82 Å². The van der Waals surface area contributed by atoms with E-state index in [4.69, 9.17) is 0 Å². The van der Waals surface area contributed by atoms with Gasteiger partial charge in [0.2, 0.25) is 0 Å². The highest BCUT2D eigenvalue weighted by atomic mass is 16.2. The Kier molecular flexibility index (Phi) is 5.13. The Bertz CT molecular complexity index is 676. The molecule has 2 amide bonds. The van der Waals surface area contributed by atoms with E-state index >= 15 is 0 Å². The quantitative estimate of drug-likeness (QED) is 0.905. The minimum atomic E-state index is -0.106. The lowest BCUT2D eigenvalue weighted by Crippen LogP contribution is -2.43. The third-order valence-electron chi connectivity index (χ3n) is 4.67. The van der Waals surface area contributed by atoms with Crippen molar-refractivity contribution in [3.63, 3.8) is 0 Å². The van der Waals surface area contributed by atoms with Crippen LogP contribution in [0.4, 0.5) is 4.79 Å². The zero-order chi connectivity index (χ0) is 16.9. The molecular weight excluding hydrogens is 302 g/mol. The Morgan fingerprint density at radius 1 is 1.29 bits per heavy atom. The summed E-state index contributed by atoms with van der Waals surface area (Å²) in [6.07, 6.45) is 9.40. The van der Waals surface area contributed by atoms with Crippen molar-refractivity contribution in [2.75, 3.05) is 0 Å². The molecular formula is C18H25N5O. The lowest BCUT2D eigenvalue weighted by molar-refractivity contribution is 0.229. The van der Waals surface area contributed by atoms with Crippen LogP contribution in [0.5, 0.6) is 0 Å². The van der Waals surface area contributed by atoms with Crippen LogP contribution in [0.1, 0.15) is 56.3 Å². The van der Waals surface area contributed by atoms with Crippen molar-refractivity contribution in [1.29, 1.82) is 0 Å². The number of urea groups is 1. The van der Waals surface area contributed by atoms with Crippen LogP contribution in [0.25, 0.3) is 5.82 Å². The van der Waals surface area contributed by atoms with E-state index in [1.165, 1.54) is 19.3 Å². The molecule has 0 aromatic carbocycles. The molecule has 128 valence electrons. The maximum absolute atomic E-state index is 12.2. The molecule has 2 N–H and O–H groups in total. The molecule has 0 radical (unpaired) electrons. The number of rotatable bonds is 4. The van der Waals surface area contributed by atoms with Gasteiger partial charge in [-0.1, -0.05) is 25.3 Å². The monoisotopic (exact) mass is 327 g/mol. The van der Waals surface area contributed by atoms with Crippen LogP contribution in [0, 0.1) is 6.92 Å². The SMILES string of the molecule is Cc1c(C(C)NC(=O)NC2CCCCC2)cnn1-c1ccccn1. The number of hydrogen-bond donors (Lipinski definition) is 2. The fraction of sp³-hybridized carbons (Fsp3) is 0.500. The van der Waals surface area contributed by atoms with Crippen LogP contribution in [-0.4, -0.2) is 26.8 Å². The first-order valence-corrected chi connectivity index (χ1v) is 8.68. The van der Waals surface area contributed by atoms with E-state index in [1.807, 2.05) is 32.0 Å². The van der Waals surface area contributed by atoms with Crippen molar-refractivity contribution in [3.8, 4) is 5.82 Å². The standard InChI is InChI=1S/C18H25N5O/c1-13(21-18(24)22-15-8-4-3-5-9-15)16-12-20-23(14(16)2)17-10-6-7-11-19-17/h6-7,10-13,15H,3-5,8-9H2,1-2H3,(H2,21,22,24). The minimum absolute atomic E-state index is 0.0978. The molecule has 1 unspecified atom stereocenters. The molecule has 6 nitrogen and oxygen atoms in total. The van der Waals surface area contributed by atoms with Crippen molar-refractivity contribution >= 4 is 6.03 Å². The van der Waals surface area contributed by atoms with Crippen LogP contribution in [0.15, 0.2) is 30.6 Å². The van der Waals surface area contributed by atoms with Gasteiger partial charge in [0.05, 0.1) is 12.2 Å². The summed E-state index contributed by atoms with van der Waals surface area (Å²) < 4.78 is 1.80. The Balaban J connectivity index is 1.64. The number of amides is 2. The zero-order valence-electron chi connectivity index (χ0n) is 14.3. The number of nitrogens with zero attached hydrogens (tertiary/aromatic N) is 3. The molecule has 2 aromatic heterocycles. The molecule has 0 bridgehead atoms. The van der Waals surface area contributed by atoms with Gasteiger partial charge in [0.25, 0.3) is 0 Å². The number of carbonyl (C=O) groups is 1. The van der Waals surface area contributed by atoms with Crippen molar-refractivity contribution in [1.82, 2.24) is 25.4 Å². The largest absolute Gasteiger partial charge is 0.335 e. The summed E-state index contributed by atoms with van der Waals surface area (Å²) in [5.41, 5.74) is 1.98. The van der Waals surface area contributed by atoms with Crippen molar-refractivity contribution in [2.45, 2.75) is 58.0 Å². The predicted octanol–water partition coefficient (Wildman–Crippen LogP) is 3.27. The molecule has 2 heterocycles. The van der Waals surface area contributed by atoms with E-state index in [0.29, 0.717) is 6.04 Å². The lowest BCUT2D eigenvalue weighted by atomic mass is 9.96. The average molecular weight is 327 g/mol. The first kappa shape index (κ1) is 16.5. The summed E-state index contributed by atoms with van der Waals surface area (Å²) in [7, 11) is 0. The average Bonchev–Trinajstić information content (AvgIpc) is 2.98. The van der Waals surface area contributed by atoms with Crippen LogP contribution in [-0.2, 0) is 0 Å². The van der Waals surface area contributed by atoms with Gasteiger partial charge < -0.3 is 10.6 Å². The van der Waals surface area contributed by atoms with Crippen molar-refractivity contribution < 1.29 is 4.79 Å². The molecule has 1 aliphatic carbocycles. The minimum Gasteiger partial charge on any atom is -0.335 e.